The molecule has 7 heteroatoms. The second kappa shape index (κ2) is 4.58. The van der Waals surface area contributed by atoms with Crippen LogP contribution in [0.4, 0.5) is 8.78 Å². The van der Waals surface area contributed by atoms with E-state index in [1.807, 2.05) is 0 Å². The zero-order chi connectivity index (χ0) is 13.4. The number of benzene rings is 1. The summed E-state index contributed by atoms with van der Waals surface area (Å²) < 4.78 is 49.2. The van der Waals surface area contributed by atoms with Gasteiger partial charge in [-0.2, -0.15) is 0 Å². The molecule has 17 heavy (non-hydrogen) atoms. The number of aromatic hydroxyl groups is 1. The van der Waals surface area contributed by atoms with E-state index in [1.54, 1.807) is 0 Å². The van der Waals surface area contributed by atoms with Gasteiger partial charge < -0.3 is 10.2 Å². The maximum Gasteiger partial charge on any atom is 0.186 e. The maximum atomic E-state index is 13.5. The number of halogens is 2. The average Bonchev–Trinajstić information content (AvgIpc) is 2.10. The third kappa shape index (κ3) is 2.92. The van der Waals surface area contributed by atoms with Crippen LogP contribution in [0.3, 0.4) is 0 Å². The first-order valence-electron chi connectivity index (χ1n) is 4.72. The van der Waals surface area contributed by atoms with E-state index in [-0.39, 0.29) is 12.0 Å². The van der Waals surface area contributed by atoms with E-state index in [9.17, 15) is 22.3 Å². The molecule has 0 aromatic heterocycles. The van der Waals surface area contributed by atoms with E-state index in [4.69, 9.17) is 5.11 Å². The lowest BCUT2D eigenvalue weighted by atomic mass is 10.1. The highest BCUT2D eigenvalue weighted by Gasteiger charge is 2.25. The van der Waals surface area contributed by atoms with Gasteiger partial charge in [0.1, 0.15) is 10.7 Å². The lowest BCUT2D eigenvalue weighted by Gasteiger charge is -2.11. The van der Waals surface area contributed by atoms with Crippen LogP contribution in [0.15, 0.2) is 11.0 Å². The number of rotatable bonds is 3. The van der Waals surface area contributed by atoms with Crippen LogP contribution in [0.1, 0.15) is 12.5 Å². The molecule has 0 aliphatic carbocycles. The third-order valence-corrected chi connectivity index (χ3v) is 3.23. The molecular weight excluding hydrogens is 254 g/mol. The van der Waals surface area contributed by atoms with Gasteiger partial charge >= 0.3 is 0 Å². The van der Waals surface area contributed by atoms with Crippen LogP contribution in [0.2, 0.25) is 0 Å². The topological polar surface area (TPSA) is 74.6 Å². The van der Waals surface area contributed by atoms with Crippen molar-refractivity contribution in [2.45, 2.75) is 24.3 Å². The van der Waals surface area contributed by atoms with E-state index in [1.165, 1.54) is 6.92 Å². The van der Waals surface area contributed by atoms with Gasteiger partial charge in [-0.3, -0.25) is 0 Å². The quantitative estimate of drug-likeness (QED) is 0.855. The number of hydrogen-bond acceptors (Lipinski definition) is 4. The molecule has 0 aliphatic rings. The first-order chi connectivity index (χ1) is 7.64. The highest BCUT2D eigenvalue weighted by Crippen LogP contribution is 2.30. The Labute approximate surface area is 97.4 Å². The minimum Gasteiger partial charge on any atom is -0.505 e. The highest BCUT2D eigenvalue weighted by molar-refractivity contribution is 7.90. The van der Waals surface area contributed by atoms with E-state index in [0.29, 0.717) is 12.3 Å². The van der Waals surface area contributed by atoms with E-state index in [2.05, 4.69) is 0 Å². The van der Waals surface area contributed by atoms with Crippen LogP contribution in [0.5, 0.6) is 5.75 Å². The van der Waals surface area contributed by atoms with Crippen molar-refractivity contribution < 1.29 is 27.4 Å². The Bertz CT molecular complexity index is 538. The summed E-state index contributed by atoms with van der Waals surface area (Å²) in [4.78, 5) is -1.16. The van der Waals surface area contributed by atoms with E-state index >= 15 is 0 Å². The normalized spacial score (nSPS) is 13.7. The summed E-state index contributed by atoms with van der Waals surface area (Å²) in [5.41, 5.74) is -0.178. The molecule has 0 saturated heterocycles. The predicted octanol–water partition coefficient (Wildman–Crippen LogP) is 0.997. The van der Waals surface area contributed by atoms with E-state index < -0.39 is 38.2 Å². The first kappa shape index (κ1) is 13.9. The second-order valence-corrected chi connectivity index (χ2v) is 5.79. The molecule has 0 radical (unpaired) electrons. The van der Waals surface area contributed by atoms with Crippen molar-refractivity contribution in [3.05, 3.63) is 23.3 Å². The van der Waals surface area contributed by atoms with Crippen LogP contribution in [0.25, 0.3) is 0 Å². The Kier molecular flexibility index (Phi) is 3.73. The lowest BCUT2D eigenvalue weighted by molar-refractivity contribution is 0.193. The molecule has 0 bridgehead atoms. The number of hydrogen-bond donors (Lipinski definition) is 2. The maximum absolute atomic E-state index is 13.5. The van der Waals surface area contributed by atoms with Crippen LogP contribution < -0.4 is 0 Å². The van der Waals surface area contributed by atoms with Crippen molar-refractivity contribution in [3.63, 3.8) is 0 Å². The molecule has 1 aromatic carbocycles. The summed E-state index contributed by atoms with van der Waals surface area (Å²) in [6.07, 6.45) is -0.449. The molecule has 2 N–H and O–H groups in total. The molecule has 4 nitrogen and oxygen atoms in total. The van der Waals surface area contributed by atoms with Gasteiger partial charge in [-0.15, -0.1) is 0 Å². The van der Waals surface area contributed by atoms with Crippen LogP contribution in [0, 0.1) is 11.6 Å². The zero-order valence-electron chi connectivity index (χ0n) is 9.24. The third-order valence-electron chi connectivity index (χ3n) is 2.12. The van der Waals surface area contributed by atoms with Crippen LogP contribution in [-0.2, 0) is 16.3 Å². The fraction of sp³-hybridized carbons (Fsp3) is 0.400. The van der Waals surface area contributed by atoms with Crippen LogP contribution in [-0.4, -0.2) is 31.0 Å². The van der Waals surface area contributed by atoms with Gasteiger partial charge in [0.15, 0.2) is 21.4 Å². The molecule has 1 aromatic rings. The summed E-state index contributed by atoms with van der Waals surface area (Å²) in [7, 11) is -4.10. The summed E-state index contributed by atoms with van der Waals surface area (Å²) in [5.74, 6) is -3.76. The Morgan fingerprint density at radius 2 is 1.94 bits per heavy atom. The molecule has 1 rings (SSSR count). The minimum atomic E-state index is -4.10. The number of aliphatic hydroxyl groups is 1. The highest BCUT2D eigenvalue weighted by atomic mass is 32.2. The zero-order valence-corrected chi connectivity index (χ0v) is 10.1. The monoisotopic (exact) mass is 266 g/mol. The Hall–Kier alpha value is -1.21. The summed E-state index contributed by atoms with van der Waals surface area (Å²) in [6, 6.07) is 0.710. The molecule has 96 valence electrons. The number of sulfone groups is 1. The lowest BCUT2D eigenvalue weighted by Crippen LogP contribution is -2.10. The molecular formula is C10H12F2O4S. The molecule has 0 heterocycles. The number of phenolic OH excluding ortho intramolecular Hbond substituents is 1. The van der Waals surface area contributed by atoms with Crippen molar-refractivity contribution in [3.8, 4) is 5.75 Å². The SMILES string of the molecule is CC(O)Cc1cc(F)c(S(C)(=O)=O)c(F)c1O. The Balaban J connectivity index is 3.48. The Morgan fingerprint density at radius 1 is 1.41 bits per heavy atom. The molecule has 0 spiro atoms. The number of phenols is 1. The van der Waals surface area contributed by atoms with Gasteiger partial charge in [0.2, 0.25) is 0 Å². The van der Waals surface area contributed by atoms with Crippen molar-refractivity contribution in [1.29, 1.82) is 0 Å². The predicted molar refractivity (Wildman–Crippen MR) is 56.5 cm³/mol. The van der Waals surface area contributed by atoms with Crippen molar-refractivity contribution >= 4 is 9.84 Å². The average molecular weight is 266 g/mol. The Morgan fingerprint density at radius 3 is 2.35 bits per heavy atom. The fourth-order valence-corrected chi connectivity index (χ4v) is 2.29. The van der Waals surface area contributed by atoms with Gasteiger partial charge in [0.05, 0.1) is 6.10 Å². The molecule has 0 amide bonds. The number of aliphatic hydroxyl groups excluding tert-OH is 1. The molecule has 0 fully saturated rings. The molecule has 0 aliphatic heterocycles. The summed E-state index contributed by atoms with van der Waals surface area (Å²) in [5, 5.41) is 18.5. The fourth-order valence-electron chi connectivity index (χ4n) is 1.45. The smallest absolute Gasteiger partial charge is 0.186 e. The van der Waals surface area contributed by atoms with Gasteiger partial charge in [-0.05, 0) is 13.0 Å². The molecule has 1 atom stereocenters. The summed E-state index contributed by atoms with van der Waals surface area (Å²) >= 11 is 0. The summed E-state index contributed by atoms with van der Waals surface area (Å²) in [6.45, 7) is 1.37. The standard InChI is InChI=1S/C10H12F2O4S/c1-5(13)3-6-4-7(11)10(17(2,15)16)8(12)9(6)14/h4-5,13-14H,3H2,1-2H3. The van der Waals surface area contributed by atoms with Crippen molar-refractivity contribution in [2.24, 2.45) is 0 Å². The molecule has 0 saturated carbocycles. The van der Waals surface area contributed by atoms with Crippen LogP contribution >= 0.6 is 0 Å². The second-order valence-electron chi connectivity index (χ2n) is 3.83. The first-order valence-corrected chi connectivity index (χ1v) is 6.61. The van der Waals surface area contributed by atoms with Gasteiger partial charge in [-0.1, -0.05) is 0 Å². The van der Waals surface area contributed by atoms with Crippen molar-refractivity contribution in [1.82, 2.24) is 0 Å². The largest absolute Gasteiger partial charge is 0.505 e. The van der Waals surface area contributed by atoms with Gasteiger partial charge in [0, 0.05) is 18.2 Å². The minimum absolute atomic E-state index is 0.177. The van der Waals surface area contributed by atoms with Gasteiger partial charge in [0.25, 0.3) is 0 Å². The molecule has 1 unspecified atom stereocenters. The van der Waals surface area contributed by atoms with E-state index in [0.717, 1.165) is 0 Å². The van der Waals surface area contributed by atoms with Crippen molar-refractivity contribution in [2.75, 3.05) is 6.26 Å². The van der Waals surface area contributed by atoms with Gasteiger partial charge in [-0.25, -0.2) is 17.2 Å².